The Hall–Kier alpha value is -3.92. The molecule has 4 aromatic rings. The molecule has 0 spiro atoms. The summed E-state index contributed by atoms with van der Waals surface area (Å²) in [4.78, 5) is 31.1. The van der Waals surface area contributed by atoms with E-state index in [2.05, 4.69) is 25.4 Å². The molecule has 0 unspecified atom stereocenters. The Morgan fingerprint density at radius 2 is 1.89 bits per heavy atom. The molecule has 0 radical (unpaired) electrons. The molecule has 1 aliphatic rings. The van der Waals surface area contributed by atoms with E-state index in [4.69, 9.17) is 4.74 Å². The standard InChI is InChI=1S/C28H31FN6O3/c1-4-38-28(37)20-9-11-34(12-10-20)25(23-15-21-14-17(2)13-18(3)24(21)30-27(23)36)26-31-32-33-35(26)16-19-5-7-22(29)8-6-19/h5-8,13-15,20,25H,4,9-12,16H2,1-3H3,(H,30,36)/t25-/m1/s1. The van der Waals surface area contributed by atoms with Gasteiger partial charge in [0, 0.05) is 18.7 Å². The zero-order valence-corrected chi connectivity index (χ0v) is 21.8. The largest absolute Gasteiger partial charge is 0.466 e. The van der Waals surface area contributed by atoms with Crippen LogP contribution in [-0.2, 0) is 16.1 Å². The van der Waals surface area contributed by atoms with Gasteiger partial charge in [0.1, 0.15) is 11.9 Å². The highest BCUT2D eigenvalue weighted by molar-refractivity contribution is 5.83. The maximum Gasteiger partial charge on any atom is 0.309 e. The van der Waals surface area contributed by atoms with Crippen LogP contribution < -0.4 is 5.56 Å². The fraction of sp³-hybridized carbons (Fsp3) is 0.393. The van der Waals surface area contributed by atoms with Gasteiger partial charge in [-0.2, -0.15) is 0 Å². The van der Waals surface area contributed by atoms with Crippen molar-refractivity contribution in [2.45, 2.75) is 46.2 Å². The van der Waals surface area contributed by atoms with E-state index < -0.39 is 6.04 Å². The van der Waals surface area contributed by atoms with Crippen LogP contribution in [0, 0.1) is 25.6 Å². The predicted molar refractivity (Wildman–Crippen MR) is 140 cm³/mol. The molecule has 0 aliphatic carbocycles. The predicted octanol–water partition coefficient (Wildman–Crippen LogP) is 3.68. The van der Waals surface area contributed by atoms with Crippen LogP contribution in [-0.4, -0.2) is 55.8 Å². The van der Waals surface area contributed by atoms with Gasteiger partial charge in [0.2, 0.25) is 0 Å². The van der Waals surface area contributed by atoms with Gasteiger partial charge in [0.25, 0.3) is 5.56 Å². The molecule has 2 aromatic carbocycles. The number of piperidine rings is 1. The third kappa shape index (κ3) is 5.22. The molecule has 10 heteroatoms. The molecule has 38 heavy (non-hydrogen) atoms. The van der Waals surface area contributed by atoms with Crippen molar-refractivity contribution in [2.24, 2.45) is 5.92 Å². The number of aromatic amines is 1. The van der Waals surface area contributed by atoms with Crippen molar-refractivity contribution in [3.05, 3.63) is 86.7 Å². The van der Waals surface area contributed by atoms with Gasteiger partial charge in [-0.3, -0.25) is 14.5 Å². The van der Waals surface area contributed by atoms with Crippen LogP contribution in [0.25, 0.3) is 10.9 Å². The highest BCUT2D eigenvalue weighted by Gasteiger charge is 2.35. The summed E-state index contributed by atoms with van der Waals surface area (Å²) in [7, 11) is 0. The first-order valence-corrected chi connectivity index (χ1v) is 12.9. The van der Waals surface area contributed by atoms with E-state index in [1.807, 2.05) is 32.0 Å². The molecule has 0 bridgehead atoms. The number of pyridine rings is 1. The SMILES string of the molecule is CCOC(=O)C1CCN([C@H](c2cc3cc(C)cc(C)c3[nH]c2=O)c2nnnn2Cc2ccc(F)cc2)CC1. The van der Waals surface area contributed by atoms with E-state index in [-0.39, 0.29) is 23.3 Å². The van der Waals surface area contributed by atoms with E-state index in [0.717, 1.165) is 27.6 Å². The molecule has 1 saturated heterocycles. The summed E-state index contributed by atoms with van der Waals surface area (Å²) >= 11 is 0. The number of fused-ring (bicyclic) bond motifs is 1. The topological polar surface area (TPSA) is 106 Å². The van der Waals surface area contributed by atoms with Crippen LogP contribution in [0.3, 0.4) is 0 Å². The lowest BCUT2D eigenvalue weighted by atomic mass is 9.93. The highest BCUT2D eigenvalue weighted by atomic mass is 19.1. The lowest BCUT2D eigenvalue weighted by molar-refractivity contribution is -0.149. The van der Waals surface area contributed by atoms with Crippen molar-refractivity contribution in [1.29, 1.82) is 0 Å². The number of carbonyl (C=O) groups is 1. The highest BCUT2D eigenvalue weighted by Crippen LogP contribution is 2.32. The van der Waals surface area contributed by atoms with E-state index >= 15 is 0 Å². The van der Waals surface area contributed by atoms with Crippen LogP contribution in [0.5, 0.6) is 0 Å². The second-order valence-corrected chi connectivity index (χ2v) is 9.89. The van der Waals surface area contributed by atoms with E-state index in [0.29, 0.717) is 50.5 Å². The number of ether oxygens (including phenoxy) is 1. The molecule has 0 saturated carbocycles. The zero-order chi connectivity index (χ0) is 26.8. The molecule has 5 rings (SSSR count). The first-order chi connectivity index (χ1) is 18.3. The lowest BCUT2D eigenvalue weighted by Gasteiger charge is -2.36. The molecule has 1 atom stereocenters. The molecule has 2 aromatic heterocycles. The number of hydrogen-bond donors (Lipinski definition) is 1. The Bertz CT molecular complexity index is 1510. The minimum Gasteiger partial charge on any atom is -0.466 e. The second-order valence-electron chi connectivity index (χ2n) is 9.89. The minimum absolute atomic E-state index is 0.178. The van der Waals surface area contributed by atoms with Crippen LogP contribution in [0.4, 0.5) is 4.39 Å². The summed E-state index contributed by atoms with van der Waals surface area (Å²) in [6.45, 7) is 7.63. The smallest absolute Gasteiger partial charge is 0.309 e. The molecule has 198 valence electrons. The Morgan fingerprint density at radius 1 is 1.16 bits per heavy atom. The molecule has 1 fully saturated rings. The molecule has 3 heterocycles. The summed E-state index contributed by atoms with van der Waals surface area (Å²) in [5, 5.41) is 13.4. The summed E-state index contributed by atoms with van der Waals surface area (Å²) < 4.78 is 20.4. The van der Waals surface area contributed by atoms with Gasteiger partial charge in [-0.1, -0.05) is 23.8 Å². The van der Waals surface area contributed by atoms with Crippen molar-refractivity contribution in [3.63, 3.8) is 0 Å². The molecule has 0 amide bonds. The number of rotatable bonds is 7. The van der Waals surface area contributed by atoms with Gasteiger partial charge >= 0.3 is 5.97 Å². The number of aryl methyl sites for hydroxylation is 2. The lowest BCUT2D eigenvalue weighted by Crippen LogP contribution is -2.42. The first-order valence-electron chi connectivity index (χ1n) is 12.9. The Labute approximate surface area is 219 Å². The zero-order valence-electron chi connectivity index (χ0n) is 21.8. The van der Waals surface area contributed by atoms with Gasteiger partial charge in [-0.05, 0) is 84.8 Å². The number of nitrogens with one attached hydrogen (secondary N) is 1. The molecular formula is C28H31FN6O3. The third-order valence-corrected chi connectivity index (χ3v) is 7.18. The summed E-state index contributed by atoms with van der Waals surface area (Å²) in [5.41, 5.74) is 4.05. The molecule has 9 nitrogen and oxygen atoms in total. The van der Waals surface area contributed by atoms with Gasteiger partial charge in [0.15, 0.2) is 5.82 Å². The van der Waals surface area contributed by atoms with Crippen LogP contribution in [0.15, 0.2) is 47.3 Å². The number of likely N-dealkylation sites (tertiary alicyclic amines) is 1. The maximum absolute atomic E-state index is 13.5. The number of benzene rings is 2. The van der Waals surface area contributed by atoms with Gasteiger partial charge in [-0.15, -0.1) is 5.10 Å². The van der Waals surface area contributed by atoms with Gasteiger partial charge in [0.05, 0.1) is 24.6 Å². The molecular weight excluding hydrogens is 487 g/mol. The van der Waals surface area contributed by atoms with E-state index in [9.17, 15) is 14.0 Å². The number of carbonyl (C=O) groups excluding carboxylic acids is 1. The number of tetrazole rings is 1. The Morgan fingerprint density at radius 3 is 2.61 bits per heavy atom. The molecule has 1 N–H and O–H groups in total. The van der Waals surface area contributed by atoms with Crippen molar-refractivity contribution >= 4 is 16.9 Å². The average Bonchev–Trinajstić information content (AvgIpc) is 3.34. The second kappa shape index (κ2) is 10.8. The van der Waals surface area contributed by atoms with Crippen LogP contribution in [0.2, 0.25) is 0 Å². The Kier molecular flexibility index (Phi) is 7.33. The number of esters is 1. The van der Waals surface area contributed by atoms with Crippen LogP contribution in [0.1, 0.15) is 53.9 Å². The summed E-state index contributed by atoms with van der Waals surface area (Å²) in [6, 6.07) is 11.6. The fourth-order valence-electron chi connectivity index (χ4n) is 5.34. The molecule has 1 aliphatic heterocycles. The van der Waals surface area contributed by atoms with E-state index in [1.165, 1.54) is 12.1 Å². The number of hydrogen-bond acceptors (Lipinski definition) is 7. The minimum atomic E-state index is -0.539. The summed E-state index contributed by atoms with van der Waals surface area (Å²) in [6.07, 6.45) is 1.22. The normalized spacial score (nSPS) is 15.6. The van der Waals surface area contributed by atoms with Gasteiger partial charge in [-0.25, -0.2) is 9.07 Å². The fourth-order valence-corrected chi connectivity index (χ4v) is 5.34. The quantitative estimate of drug-likeness (QED) is 0.372. The monoisotopic (exact) mass is 518 g/mol. The number of halogens is 1. The first kappa shape index (κ1) is 25.7. The van der Waals surface area contributed by atoms with Gasteiger partial charge < -0.3 is 9.72 Å². The maximum atomic E-state index is 13.5. The number of H-pyrrole nitrogens is 1. The third-order valence-electron chi connectivity index (χ3n) is 7.18. The van der Waals surface area contributed by atoms with Crippen molar-refractivity contribution < 1.29 is 13.9 Å². The summed E-state index contributed by atoms with van der Waals surface area (Å²) in [5.74, 6) is -0.166. The Balaban J connectivity index is 1.56. The van der Waals surface area contributed by atoms with Crippen LogP contribution >= 0.6 is 0 Å². The van der Waals surface area contributed by atoms with E-state index in [1.54, 1.807) is 23.7 Å². The number of nitrogens with zero attached hydrogens (tertiary/aromatic N) is 5. The number of aromatic nitrogens is 5. The average molecular weight is 519 g/mol. The van der Waals surface area contributed by atoms with Crippen molar-refractivity contribution in [3.8, 4) is 0 Å². The van der Waals surface area contributed by atoms with Crippen molar-refractivity contribution in [1.82, 2.24) is 30.1 Å². The van der Waals surface area contributed by atoms with Crippen molar-refractivity contribution in [2.75, 3.05) is 19.7 Å².